The number of likely N-dealkylation sites (N-methyl/N-ethyl adjacent to an activating group) is 1. The average molecular weight is 346 g/mol. The summed E-state index contributed by atoms with van der Waals surface area (Å²) in [5.74, 6) is -0.172. The van der Waals surface area contributed by atoms with Crippen LogP contribution in [0.1, 0.15) is 5.56 Å². The summed E-state index contributed by atoms with van der Waals surface area (Å²) < 4.78 is 0. The summed E-state index contributed by atoms with van der Waals surface area (Å²) in [6.07, 6.45) is 2.03. The Balaban J connectivity index is 1.89. The molecule has 0 radical (unpaired) electrons. The number of carbonyl (C=O) groups excluding carboxylic acids is 1. The van der Waals surface area contributed by atoms with Crippen LogP contribution in [0.5, 0.6) is 0 Å². The summed E-state index contributed by atoms with van der Waals surface area (Å²) in [5, 5.41) is 13.5. The standard InChI is InChI=1S/C17H19N3O3S/c1-19(11-13-6-8-16(24-2)9-7-13)12-17(21)18-14-4-3-5-15(10-14)20(22)23/h3-10H,11-12H2,1-2H3,(H,18,21)/p+1. The van der Waals surface area contributed by atoms with Gasteiger partial charge in [-0.25, -0.2) is 0 Å². The van der Waals surface area contributed by atoms with Crippen LogP contribution in [0, 0.1) is 10.1 Å². The molecule has 2 N–H and O–H groups in total. The molecule has 0 aromatic heterocycles. The first kappa shape index (κ1) is 18.0. The normalized spacial score (nSPS) is 11.8. The molecule has 6 nitrogen and oxygen atoms in total. The third-order valence-electron chi connectivity index (χ3n) is 3.47. The summed E-state index contributed by atoms with van der Waals surface area (Å²) in [6.45, 7) is 1.02. The number of amides is 1. The molecule has 0 aliphatic rings. The van der Waals surface area contributed by atoms with Gasteiger partial charge >= 0.3 is 0 Å². The van der Waals surface area contributed by atoms with Crippen molar-refractivity contribution in [3.8, 4) is 0 Å². The summed E-state index contributed by atoms with van der Waals surface area (Å²) in [4.78, 5) is 24.6. The SMILES string of the molecule is CSc1ccc(C[NH+](C)CC(=O)Nc2cccc([N+](=O)[O-])c2)cc1. The number of nitrogens with one attached hydrogen (secondary N) is 2. The van der Waals surface area contributed by atoms with Gasteiger partial charge in [0.25, 0.3) is 11.6 Å². The molecule has 1 amide bonds. The van der Waals surface area contributed by atoms with Gasteiger partial charge in [-0.05, 0) is 24.5 Å². The Morgan fingerprint density at radius 3 is 2.58 bits per heavy atom. The number of quaternary nitrogens is 1. The molecule has 24 heavy (non-hydrogen) atoms. The summed E-state index contributed by atoms with van der Waals surface area (Å²) in [5.41, 5.74) is 1.56. The quantitative estimate of drug-likeness (QED) is 0.456. The molecule has 1 unspecified atom stereocenters. The highest BCUT2D eigenvalue weighted by molar-refractivity contribution is 7.98. The summed E-state index contributed by atoms with van der Waals surface area (Å²) in [6, 6.07) is 14.2. The van der Waals surface area contributed by atoms with E-state index in [1.807, 2.05) is 13.3 Å². The molecule has 0 saturated heterocycles. The second-order valence-corrected chi connectivity index (χ2v) is 6.39. The molecule has 0 fully saturated rings. The van der Waals surface area contributed by atoms with Crippen molar-refractivity contribution in [3.05, 3.63) is 64.2 Å². The molecule has 0 spiro atoms. The Bertz CT molecular complexity index is 719. The molecule has 0 aliphatic heterocycles. The fraction of sp³-hybridized carbons (Fsp3) is 0.235. The fourth-order valence-electron chi connectivity index (χ4n) is 2.33. The summed E-state index contributed by atoms with van der Waals surface area (Å²) >= 11 is 1.69. The molecule has 0 aliphatic carbocycles. The van der Waals surface area contributed by atoms with Crippen LogP contribution in [0.4, 0.5) is 11.4 Å². The van der Waals surface area contributed by atoms with Crippen LogP contribution in [0.15, 0.2) is 53.4 Å². The van der Waals surface area contributed by atoms with E-state index >= 15 is 0 Å². The number of rotatable bonds is 7. The third kappa shape index (κ3) is 5.36. The van der Waals surface area contributed by atoms with Gasteiger partial charge in [0.1, 0.15) is 6.54 Å². The van der Waals surface area contributed by atoms with Crippen LogP contribution in [0.2, 0.25) is 0 Å². The van der Waals surface area contributed by atoms with Gasteiger partial charge in [-0.1, -0.05) is 18.2 Å². The minimum atomic E-state index is -0.481. The van der Waals surface area contributed by atoms with Crippen molar-refractivity contribution < 1.29 is 14.6 Å². The number of carbonyl (C=O) groups is 1. The van der Waals surface area contributed by atoms with Gasteiger partial charge in [-0.15, -0.1) is 11.8 Å². The van der Waals surface area contributed by atoms with Crippen LogP contribution in [0.3, 0.4) is 0 Å². The number of benzene rings is 2. The van der Waals surface area contributed by atoms with E-state index < -0.39 is 4.92 Å². The highest BCUT2D eigenvalue weighted by Gasteiger charge is 2.12. The molecular formula is C17H20N3O3S+. The monoisotopic (exact) mass is 346 g/mol. The van der Waals surface area contributed by atoms with E-state index in [1.165, 1.54) is 17.0 Å². The Labute approximate surface area is 145 Å². The maximum Gasteiger partial charge on any atom is 0.279 e. The predicted octanol–water partition coefficient (Wildman–Crippen LogP) is 1.97. The smallest absolute Gasteiger partial charge is 0.279 e. The van der Waals surface area contributed by atoms with E-state index in [1.54, 1.807) is 23.9 Å². The van der Waals surface area contributed by atoms with Crippen LogP contribution in [-0.4, -0.2) is 30.7 Å². The molecule has 0 saturated carbocycles. The maximum atomic E-state index is 12.1. The Morgan fingerprint density at radius 2 is 1.96 bits per heavy atom. The van der Waals surface area contributed by atoms with Crippen LogP contribution >= 0.6 is 11.8 Å². The zero-order chi connectivity index (χ0) is 17.5. The van der Waals surface area contributed by atoms with E-state index in [9.17, 15) is 14.9 Å². The highest BCUT2D eigenvalue weighted by atomic mass is 32.2. The Hall–Kier alpha value is -2.38. The van der Waals surface area contributed by atoms with Crippen LogP contribution in [0.25, 0.3) is 0 Å². The van der Waals surface area contributed by atoms with Gasteiger partial charge < -0.3 is 10.2 Å². The Morgan fingerprint density at radius 1 is 1.25 bits per heavy atom. The highest BCUT2D eigenvalue weighted by Crippen LogP contribution is 2.16. The van der Waals surface area contributed by atoms with Gasteiger partial charge in [-0.3, -0.25) is 14.9 Å². The van der Waals surface area contributed by atoms with Crippen LogP contribution in [-0.2, 0) is 11.3 Å². The number of anilines is 1. The zero-order valence-electron chi connectivity index (χ0n) is 13.6. The lowest BCUT2D eigenvalue weighted by atomic mass is 10.2. The molecule has 1 atom stereocenters. The molecule has 2 aromatic carbocycles. The van der Waals surface area contributed by atoms with Gasteiger partial charge in [0.2, 0.25) is 0 Å². The number of thioether (sulfide) groups is 1. The third-order valence-corrected chi connectivity index (χ3v) is 4.21. The van der Waals surface area contributed by atoms with Gasteiger partial charge in [0.15, 0.2) is 6.54 Å². The van der Waals surface area contributed by atoms with Gasteiger partial charge in [0, 0.05) is 28.3 Å². The number of nitrogens with zero attached hydrogens (tertiary/aromatic N) is 1. The zero-order valence-corrected chi connectivity index (χ0v) is 14.4. The van der Waals surface area contributed by atoms with Crippen molar-refractivity contribution in [2.75, 3.05) is 25.2 Å². The first-order valence-electron chi connectivity index (χ1n) is 7.46. The number of non-ortho nitro benzene ring substituents is 1. The van der Waals surface area contributed by atoms with E-state index in [4.69, 9.17) is 0 Å². The van der Waals surface area contributed by atoms with Gasteiger partial charge in [-0.2, -0.15) is 0 Å². The van der Waals surface area contributed by atoms with E-state index in [0.29, 0.717) is 5.69 Å². The van der Waals surface area contributed by atoms with Crippen LogP contribution < -0.4 is 10.2 Å². The second-order valence-electron chi connectivity index (χ2n) is 5.51. The Kier molecular flexibility index (Phi) is 6.34. The lowest BCUT2D eigenvalue weighted by Crippen LogP contribution is -3.08. The van der Waals surface area contributed by atoms with Crippen molar-refractivity contribution in [3.63, 3.8) is 0 Å². The average Bonchev–Trinajstić information content (AvgIpc) is 2.55. The molecule has 0 heterocycles. The topological polar surface area (TPSA) is 76.7 Å². The molecular weight excluding hydrogens is 326 g/mol. The lowest BCUT2D eigenvalue weighted by Gasteiger charge is -2.14. The molecule has 2 rings (SSSR count). The number of nitro groups is 1. The number of hydrogen-bond donors (Lipinski definition) is 2. The second kappa shape index (κ2) is 8.47. The largest absolute Gasteiger partial charge is 0.326 e. The lowest BCUT2D eigenvalue weighted by molar-refractivity contribution is -0.885. The van der Waals surface area contributed by atoms with Crippen molar-refractivity contribution in [2.24, 2.45) is 0 Å². The first-order chi connectivity index (χ1) is 11.5. The molecule has 126 valence electrons. The predicted molar refractivity (Wildman–Crippen MR) is 95.4 cm³/mol. The summed E-state index contributed by atoms with van der Waals surface area (Å²) in [7, 11) is 1.94. The van der Waals surface area contributed by atoms with E-state index in [-0.39, 0.29) is 18.1 Å². The first-order valence-corrected chi connectivity index (χ1v) is 8.69. The molecule has 7 heteroatoms. The maximum absolute atomic E-state index is 12.1. The molecule has 2 aromatic rings. The number of hydrogen-bond acceptors (Lipinski definition) is 4. The van der Waals surface area contributed by atoms with Crippen molar-refractivity contribution in [1.29, 1.82) is 0 Å². The van der Waals surface area contributed by atoms with Gasteiger partial charge in [0.05, 0.1) is 12.0 Å². The minimum absolute atomic E-state index is 0.0395. The van der Waals surface area contributed by atoms with E-state index in [0.717, 1.165) is 17.0 Å². The van der Waals surface area contributed by atoms with Crippen molar-refractivity contribution in [1.82, 2.24) is 0 Å². The minimum Gasteiger partial charge on any atom is -0.326 e. The van der Waals surface area contributed by atoms with E-state index in [2.05, 4.69) is 29.6 Å². The van der Waals surface area contributed by atoms with Crippen molar-refractivity contribution >= 4 is 29.0 Å². The number of nitro benzene ring substituents is 1. The van der Waals surface area contributed by atoms with Crippen molar-refractivity contribution in [2.45, 2.75) is 11.4 Å². The fourth-order valence-corrected chi connectivity index (χ4v) is 2.74. The molecule has 0 bridgehead atoms.